The monoisotopic (exact) mass is 393 g/mol. The number of hydrogen-bond donors (Lipinski definition) is 1. The number of ether oxygens (including phenoxy) is 2. The Morgan fingerprint density at radius 3 is 2.38 bits per heavy atom. The summed E-state index contributed by atoms with van der Waals surface area (Å²) >= 11 is 0. The van der Waals surface area contributed by atoms with E-state index in [4.69, 9.17) is 14.5 Å². The summed E-state index contributed by atoms with van der Waals surface area (Å²) < 4.78 is 10.8. The van der Waals surface area contributed by atoms with E-state index in [1.165, 1.54) is 7.11 Å². The van der Waals surface area contributed by atoms with Crippen LogP contribution in [0.4, 0.5) is 5.82 Å². The number of anilines is 1. The van der Waals surface area contributed by atoms with Crippen LogP contribution in [0.15, 0.2) is 42.5 Å². The number of phenolic OH excluding ortho intramolecular Hbond substituents is 1. The average molecular weight is 393 g/mol. The Morgan fingerprint density at radius 1 is 0.966 bits per heavy atom. The van der Waals surface area contributed by atoms with E-state index in [2.05, 4.69) is 41.0 Å². The molecule has 2 heterocycles. The van der Waals surface area contributed by atoms with Crippen LogP contribution in [0.3, 0.4) is 0 Å². The van der Waals surface area contributed by atoms with E-state index in [9.17, 15) is 5.11 Å². The number of aromatic hydroxyl groups is 1. The van der Waals surface area contributed by atoms with Crippen molar-refractivity contribution in [2.45, 2.75) is 6.92 Å². The molecule has 6 nitrogen and oxygen atoms in total. The Balaban J connectivity index is 1.85. The molecule has 1 N–H and O–H groups in total. The molecular formula is C23H27N3O3. The van der Waals surface area contributed by atoms with Gasteiger partial charge in [0.25, 0.3) is 0 Å². The van der Waals surface area contributed by atoms with Crippen molar-refractivity contribution in [3.8, 4) is 28.5 Å². The second-order valence-corrected chi connectivity index (χ2v) is 7.20. The summed E-state index contributed by atoms with van der Waals surface area (Å²) in [5, 5.41) is 12.4. The summed E-state index contributed by atoms with van der Waals surface area (Å²) in [6.07, 6.45) is 0. The number of pyridine rings is 1. The van der Waals surface area contributed by atoms with Crippen LogP contribution in [0.2, 0.25) is 0 Å². The number of piperazine rings is 1. The molecule has 6 heteroatoms. The lowest BCUT2D eigenvalue weighted by atomic mass is 10.0. The molecule has 2 aromatic carbocycles. The van der Waals surface area contributed by atoms with E-state index in [1.54, 1.807) is 19.2 Å². The molecule has 29 heavy (non-hydrogen) atoms. The predicted octanol–water partition coefficient (Wildman–Crippen LogP) is 3.77. The number of methoxy groups -OCH3 is 2. The number of likely N-dealkylation sites (N-methyl/N-ethyl adjacent to an activating group) is 1. The molecule has 0 aliphatic carbocycles. The Bertz CT molecular complexity index is 1010. The minimum Gasteiger partial charge on any atom is -0.504 e. The Hall–Kier alpha value is -2.99. The lowest BCUT2D eigenvalue weighted by Crippen LogP contribution is -2.46. The fourth-order valence-electron chi connectivity index (χ4n) is 3.92. The van der Waals surface area contributed by atoms with Crippen LogP contribution in [-0.4, -0.2) is 61.9 Å². The van der Waals surface area contributed by atoms with Crippen molar-refractivity contribution in [2.24, 2.45) is 0 Å². The number of rotatable bonds is 5. The van der Waals surface area contributed by atoms with Gasteiger partial charge < -0.3 is 24.4 Å². The summed E-state index contributed by atoms with van der Waals surface area (Å²) in [7, 11) is 3.13. The van der Waals surface area contributed by atoms with Crippen molar-refractivity contribution in [3.63, 3.8) is 0 Å². The van der Waals surface area contributed by atoms with Gasteiger partial charge in [-0.05, 0) is 24.1 Å². The van der Waals surface area contributed by atoms with Gasteiger partial charge in [0.15, 0.2) is 11.5 Å². The maximum atomic E-state index is 10.1. The standard InChI is InChI=1S/C23H27N3O3/c1-4-25-9-11-26(12-10-25)23-17-8-6-5-7-16(17)13-19(24-23)18-14-22(29-3)20(27)15-21(18)28-2/h5-8,13-15,27H,4,9-12H2,1-3H3. The second-order valence-electron chi connectivity index (χ2n) is 7.20. The first-order valence-electron chi connectivity index (χ1n) is 9.97. The van der Waals surface area contributed by atoms with Crippen LogP contribution in [0.1, 0.15) is 6.92 Å². The van der Waals surface area contributed by atoms with Gasteiger partial charge in [0, 0.05) is 43.2 Å². The number of aromatic nitrogens is 1. The van der Waals surface area contributed by atoms with E-state index in [-0.39, 0.29) is 5.75 Å². The summed E-state index contributed by atoms with van der Waals surface area (Å²) in [6.45, 7) is 7.25. The van der Waals surface area contributed by atoms with Crippen LogP contribution in [-0.2, 0) is 0 Å². The molecular weight excluding hydrogens is 366 g/mol. The van der Waals surface area contributed by atoms with E-state index in [0.717, 1.165) is 60.6 Å². The Labute approximate surface area is 171 Å². The molecule has 0 atom stereocenters. The summed E-state index contributed by atoms with van der Waals surface area (Å²) in [5.74, 6) is 1.99. The SMILES string of the molecule is CCN1CCN(c2nc(-c3cc(OC)c(O)cc3OC)cc3ccccc23)CC1. The molecule has 0 saturated carbocycles. The highest BCUT2D eigenvalue weighted by molar-refractivity contribution is 5.95. The van der Waals surface area contributed by atoms with Crippen molar-refractivity contribution in [2.75, 3.05) is 51.8 Å². The third-order valence-electron chi connectivity index (χ3n) is 5.62. The van der Waals surface area contributed by atoms with Gasteiger partial charge in [0.2, 0.25) is 0 Å². The van der Waals surface area contributed by atoms with Gasteiger partial charge in [-0.25, -0.2) is 4.98 Å². The first-order valence-corrected chi connectivity index (χ1v) is 9.97. The predicted molar refractivity (Wildman–Crippen MR) is 116 cm³/mol. The fraction of sp³-hybridized carbons (Fsp3) is 0.348. The Kier molecular flexibility index (Phi) is 5.45. The van der Waals surface area contributed by atoms with Gasteiger partial charge in [-0.15, -0.1) is 0 Å². The molecule has 0 spiro atoms. The summed E-state index contributed by atoms with van der Waals surface area (Å²) in [5.41, 5.74) is 1.59. The van der Waals surface area contributed by atoms with Gasteiger partial charge in [0.05, 0.1) is 19.9 Å². The molecule has 1 fully saturated rings. The minimum atomic E-state index is 0.0461. The first kappa shape index (κ1) is 19.3. The zero-order valence-corrected chi connectivity index (χ0v) is 17.2. The normalized spacial score (nSPS) is 14.9. The molecule has 0 amide bonds. The highest BCUT2D eigenvalue weighted by Gasteiger charge is 2.21. The molecule has 1 aromatic heterocycles. The lowest BCUT2D eigenvalue weighted by molar-refractivity contribution is 0.271. The third-order valence-corrected chi connectivity index (χ3v) is 5.62. The highest BCUT2D eigenvalue weighted by atomic mass is 16.5. The van der Waals surface area contributed by atoms with Crippen molar-refractivity contribution >= 4 is 16.6 Å². The molecule has 1 aliphatic rings. The molecule has 1 aliphatic heterocycles. The quantitative estimate of drug-likeness (QED) is 0.712. The van der Waals surface area contributed by atoms with E-state index >= 15 is 0 Å². The van der Waals surface area contributed by atoms with E-state index < -0.39 is 0 Å². The minimum absolute atomic E-state index is 0.0461. The van der Waals surface area contributed by atoms with Gasteiger partial charge in [0.1, 0.15) is 11.6 Å². The van der Waals surface area contributed by atoms with Crippen LogP contribution < -0.4 is 14.4 Å². The van der Waals surface area contributed by atoms with Crippen molar-refractivity contribution in [3.05, 3.63) is 42.5 Å². The largest absolute Gasteiger partial charge is 0.504 e. The van der Waals surface area contributed by atoms with Crippen molar-refractivity contribution < 1.29 is 14.6 Å². The zero-order valence-electron chi connectivity index (χ0n) is 17.2. The maximum Gasteiger partial charge on any atom is 0.161 e. The van der Waals surface area contributed by atoms with Crippen LogP contribution in [0.5, 0.6) is 17.2 Å². The lowest BCUT2D eigenvalue weighted by Gasteiger charge is -2.35. The van der Waals surface area contributed by atoms with Crippen LogP contribution >= 0.6 is 0 Å². The summed E-state index contributed by atoms with van der Waals surface area (Å²) in [6, 6.07) is 13.8. The third kappa shape index (κ3) is 3.68. The molecule has 1 saturated heterocycles. The van der Waals surface area contributed by atoms with Gasteiger partial charge >= 0.3 is 0 Å². The van der Waals surface area contributed by atoms with Crippen LogP contribution in [0, 0.1) is 0 Å². The van der Waals surface area contributed by atoms with Gasteiger partial charge in [-0.3, -0.25) is 0 Å². The first-order chi connectivity index (χ1) is 14.1. The molecule has 0 bridgehead atoms. The van der Waals surface area contributed by atoms with Gasteiger partial charge in [-0.2, -0.15) is 0 Å². The Morgan fingerprint density at radius 2 is 1.69 bits per heavy atom. The van der Waals surface area contributed by atoms with Crippen molar-refractivity contribution in [1.82, 2.24) is 9.88 Å². The van der Waals surface area contributed by atoms with Gasteiger partial charge in [-0.1, -0.05) is 31.2 Å². The molecule has 0 radical (unpaired) electrons. The smallest absolute Gasteiger partial charge is 0.161 e. The number of fused-ring (bicyclic) bond motifs is 1. The highest BCUT2D eigenvalue weighted by Crippen LogP contribution is 2.40. The molecule has 3 aromatic rings. The van der Waals surface area contributed by atoms with Crippen LogP contribution in [0.25, 0.3) is 22.0 Å². The second kappa shape index (κ2) is 8.17. The number of phenols is 1. The zero-order chi connectivity index (χ0) is 20.4. The fourth-order valence-corrected chi connectivity index (χ4v) is 3.92. The number of hydrogen-bond acceptors (Lipinski definition) is 6. The van der Waals surface area contributed by atoms with Crippen molar-refractivity contribution in [1.29, 1.82) is 0 Å². The number of benzene rings is 2. The average Bonchev–Trinajstić information content (AvgIpc) is 2.78. The molecule has 0 unspecified atom stereocenters. The molecule has 152 valence electrons. The van der Waals surface area contributed by atoms with E-state index in [0.29, 0.717) is 11.5 Å². The maximum absolute atomic E-state index is 10.1. The number of nitrogens with zero attached hydrogens (tertiary/aromatic N) is 3. The topological polar surface area (TPSA) is 58.1 Å². The summed E-state index contributed by atoms with van der Waals surface area (Å²) in [4.78, 5) is 9.87. The van der Waals surface area contributed by atoms with E-state index in [1.807, 2.05) is 6.07 Å². The molecule has 4 rings (SSSR count).